The zero-order chi connectivity index (χ0) is 20.2. The van der Waals surface area contributed by atoms with Gasteiger partial charge >= 0.3 is 0 Å². The minimum atomic E-state index is 0.900. The molecule has 0 aliphatic carbocycles. The van der Waals surface area contributed by atoms with Gasteiger partial charge in [-0.25, -0.2) is 9.98 Å². The number of aromatic nitrogens is 3. The Morgan fingerprint density at radius 3 is 2.59 bits per heavy atom. The molecule has 4 rings (SSSR count). The topological polar surface area (TPSA) is 35.1 Å². The fourth-order valence-electron chi connectivity index (χ4n) is 3.22. The molecule has 0 amide bonds. The third kappa shape index (κ3) is 4.77. The van der Waals surface area contributed by atoms with Crippen LogP contribution in [0.25, 0.3) is 11.3 Å². The summed E-state index contributed by atoms with van der Waals surface area (Å²) in [6, 6.07) is 14.9. The highest BCUT2D eigenvalue weighted by molar-refractivity contribution is 9.10. The summed E-state index contributed by atoms with van der Waals surface area (Å²) in [6.07, 6.45) is 6.71. The molecule has 2 heterocycles. The van der Waals surface area contributed by atoms with Crippen molar-refractivity contribution in [3.05, 3.63) is 87.0 Å². The normalized spacial score (nSPS) is 11.9. The van der Waals surface area contributed by atoms with E-state index in [2.05, 4.69) is 91.7 Å². The molecule has 0 fully saturated rings. The molecule has 0 aliphatic heterocycles. The van der Waals surface area contributed by atoms with Crippen molar-refractivity contribution >= 4 is 33.0 Å². The standard InChI is InChI=1S/C23H23BrN4S/c1-17-4-9-21(14-18(17)2)26-23-28(12-3-11-27-13-10-25-16-27)22(15-29-23)19-5-7-20(24)8-6-19/h4-10,13-16H,3,11-12H2,1-2H3. The van der Waals surface area contributed by atoms with Gasteiger partial charge in [-0.2, -0.15) is 0 Å². The molecule has 29 heavy (non-hydrogen) atoms. The van der Waals surface area contributed by atoms with E-state index in [-0.39, 0.29) is 0 Å². The molecular weight excluding hydrogens is 444 g/mol. The van der Waals surface area contributed by atoms with E-state index >= 15 is 0 Å². The van der Waals surface area contributed by atoms with E-state index in [0.29, 0.717) is 0 Å². The minimum Gasteiger partial charge on any atom is -0.337 e. The molecule has 0 bridgehead atoms. The second-order valence-corrected chi connectivity index (χ2v) is 8.85. The summed E-state index contributed by atoms with van der Waals surface area (Å²) < 4.78 is 5.54. The quantitative estimate of drug-likeness (QED) is 0.337. The number of thiazole rings is 1. The SMILES string of the molecule is Cc1ccc(N=c2scc(-c3ccc(Br)cc3)n2CCCn2ccnc2)cc1C. The van der Waals surface area contributed by atoms with Gasteiger partial charge in [-0.1, -0.05) is 34.1 Å². The van der Waals surface area contributed by atoms with Gasteiger partial charge in [0.2, 0.25) is 0 Å². The number of nitrogens with zero attached hydrogens (tertiary/aromatic N) is 4. The fraction of sp³-hybridized carbons (Fsp3) is 0.217. The molecule has 4 nitrogen and oxygen atoms in total. The number of hydrogen-bond acceptors (Lipinski definition) is 3. The first-order chi connectivity index (χ1) is 14.1. The van der Waals surface area contributed by atoms with E-state index in [1.54, 1.807) is 11.3 Å². The van der Waals surface area contributed by atoms with Crippen LogP contribution in [0, 0.1) is 13.8 Å². The number of halogens is 1. The molecule has 0 spiro atoms. The predicted molar refractivity (Wildman–Crippen MR) is 123 cm³/mol. The Morgan fingerprint density at radius 1 is 1.03 bits per heavy atom. The van der Waals surface area contributed by atoms with Gasteiger partial charge in [-0.05, 0) is 61.2 Å². The lowest BCUT2D eigenvalue weighted by Crippen LogP contribution is -2.17. The number of hydrogen-bond donors (Lipinski definition) is 0. The summed E-state index contributed by atoms with van der Waals surface area (Å²) in [5.74, 6) is 0. The third-order valence-corrected chi connectivity index (χ3v) is 6.40. The molecule has 0 N–H and O–H groups in total. The molecule has 4 aromatic rings. The van der Waals surface area contributed by atoms with E-state index in [9.17, 15) is 0 Å². The van der Waals surface area contributed by atoms with Gasteiger partial charge in [-0.15, -0.1) is 11.3 Å². The van der Waals surface area contributed by atoms with Gasteiger partial charge in [0, 0.05) is 35.3 Å². The Balaban J connectivity index is 1.70. The van der Waals surface area contributed by atoms with Crippen molar-refractivity contribution in [3.63, 3.8) is 0 Å². The zero-order valence-electron chi connectivity index (χ0n) is 16.5. The molecule has 0 saturated carbocycles. The Kier molecular flexibility index (Phi) is 6.11. The zero-order valence-corrected chi connectivity index (χ0v) is 18.9. The summed E-state index contributed by atoms with van der Waals surface area (Å²) in [6.45, 7) is 6.10. The number of imidazole rings is 1. The average Bonchev–Trinajstić information content (AvgIpc) is 3.36. The first-order valence-electron chi connectivity index (χ1n) is 9.62. The van der Waals surface area contributed by atoms with Gasteiger partial charge < -0.3 is 9.13 Å². The first-order valence-corrected chi connectivity index (χ1v) is 11.3. The van der Waals surface area contributed by atoms with Crippen molar-refractivity contribution < 1.29 is 0 Å². The highest BCUT2D eigenvalue weighted by Gasteiger charge is 2.09. The number of benzene rings is 2. The Hall–Kier alpha value is -2.44. The van der Waals surface area contributed by atoms with Crippen LogP contribution in [0.1, 0.15) is 17.5 Å². The van der Waals surface area contributed by atoms with Gasteiger partial charge in [0.25, 0.3) is 0 Å². The largest absolute Gasteiger partial charge is 0.337 e. The summed E-state index contributed by atoms with van der Waals surface area (Å²) in [4.78, 5) is 10.1. The molecular formula is C23H23BrN4S. The molecule has 148 valence electrons. The maximum Gasteiger partial charge on any atom is 0.190 e. The van der Waals surface area contributed by atoms with Crippen LogP contribution >= 0.6 is 27.3 Å². The van der Waals surface area contributed by atoms with Crippen molar-refractivity contribution in [1.82, 2.24) is 14.1 Å². The molecule has 2 aromatic heterocycles. The Labute approximate surface area is 183 Å². The van der Waals surface area contributed by atoms with E-state index in [0.717, 1.165) is 34.5 Å². The second kappa shape index (κ2) is 8.93. The fourth-order valence-corrected chi connectivity index (χ4v) is 4.44. The van der Waals surface area contributed by atoms with Crippen LogP contribution in [0.5, 0.6) is 0 Å². The van der Waals surface area contributed by atoms with Crippen molar-refractivity contribution in [2.75, 3.05) is 0 Å². The lowest BCUT2D eigenvalue weighted by atomic mass is 10.1. The van der Waals surface area contributed by atoms with E-state index in [4.69, 9.17) is 4.99 Å². The summed E-state index contributed by atoms with van der Waals surface area (Å²) in [5, 5.41) is 2.21. The van der Waals surface area contributed by atoms with Crippen LogP contribution in [-0.2, 0) is 13.1 Å². The van der Waals surface area contributed by atoms with Gasteiger partial charge in [0.15, 0.2) is 4.80 Å². The summed E-state index contributed by atoms with van der Waals surface area (Å²) in [7, 11) is 0. The van der Waals surface area contributed by atoms with Crippen LogP contribution < -0.4 is 4.80 Å². The maximum absolute atomic E-state index is 4.98. The number of aryl methyl sites for hydroxylation is 3. The van der Waals surface area contributed by atoms with Crippen molar-refractivity contribution in [2.24, 2.45) is 4.99 Å². The van der Waals surface area contributed by atoms with Crippen LogP contribution in [0.4, 0.5) is 5.69 Å². The van der Waals surface area contributed by atoms with Crippen LogP contribution in [0.2, 0.25) is 0 Å². The molecule has 0 saturated heterocycles. The highest BCUT2D eigenvalue weighted by Crippen LogP contribution is 2.24. The van der Waals surface area contributed by atoms with Gasteiger partial charge in [0.1, 0.15) is 0 Å². The average molecular weight is 467 g/mol. The minimum absolute atomic E-state index is 0.900. The predicted octanol–water partition coefficient (Wildman–Crippen LogP) is 6.12. The Bertz CT molecular complexity index is 1150. The second-order valence-electron chi connectivity index (χ2n) is 7.10. The van der Waals surface area contributed by atoms with Crippen LogP contribution in [0.3, 0.4) is 0 Å². The monoisotopic (exact) mass is 466 g/mol. The smallest absolute Gasteiger partial charge is 0.190 e. The van der Waals surface area contributed by atoms with Crippen molar-refractivity contribution in [2.45, 2.75) is 33.4 Å². The molecule has 0 aliphatic rings. The van der Waals surface area contributed by atoms with E-state index in [1.807, 2.05) is 18.7 Å². The maximum atomic E-state index is 4.98. The number of rotatable bonds is 6. The highest BCUT2D eigenvalue weighted by atomic mass is 79.9. The van der Waals surface area contributed by atoms with Gasteiger partial charge in [0.05, 0.1) is 17.7 Å². The third-order valence-electron chi connectivity index (χ3n) is 5.01. The Morgan fingerprint density at radius 2 is 1.86 bits per heavy atom. The van der Waals surface area contributed by atoms with Crippen LogP contribution in [-0.4, -0.2) is 14.1 Å². The lowest BCUT2D eigenvalue weighted by Gasteiger charge is -2.10. The van der Waals surface area contributed by atoms with Crippen LogP contribution in [0.15, 0.2) is 76.0 Å². The molecule has 2 aromatic carbocycles. The van der Waals surface area contributed by atoms with E-state index < -0.39 is 0 Å². The lowest BCUT2D eigenvalue weighted by molar-refractivity contribution is 0.559. The van der Waals surface area contributed by atoms with Crippen molar-refractivity contribution in [1.29, 1.82) is 0 Å². The molecule has 0 atom stereocenters. The molecule has 6 heteroatoms. The summed E-state index contributed by atoms with van der Waals surface area (Å²) in [5.41, 5.74) is 5.96. The van der Waals surface area contributed by atoms with Gasteiger partial charge in [-0.3, -0.25) is 0 Å². The molecule has 0 radical (unpaired) electrons. The molecule has 0 unspecified atom stereocenters. The van der Waals surface area contributed by atoms with Crippen molar-refractivity contribution in [3.8, 4) is 11.3 Å². The first kappa shape index (κ1) is 19.9. The summed E-state index contributed by atoms with van der Waals surface area (Å²) >= 11 is 5.22. The van der Waals surface area contributed by atoms with E-state index in [1.165, 1.54) is 22.4 Å².